The molecule has 0 saturated heterocycles. The SMILES string of the molecule is CCC1CCC(COC(=O)C2CCC(C(C)=O)CC2)CC1. The molecule has 0 bridgehead atoms. The van der Waals surface area contributed by atoms with Crippen LogP contribution in [0.15, 0.2) is 0 Å². The molecule has 0 heterocycles. The smallest absolute Gasteiger partial charge is 0.308 e. The number of hydrogen-bond acceptors (Lipinski definition) is 3. The Morgan fingerprint density at radius 1 is 0.857 bits per heavy atom. The number of rotatable bonds is 5. The van der Waals surface area contributed by atoms with Crippen LogP contribution in [-0.2, 0) is 14.3 Å². The first-order valence-electron chi connectivity index (χ1n) is 8.77. The molecule has 0 aliphatic heterocycles. The number of carbonyl (C=O) groups excluding carboxylic acids is 2. The third-order valence-electron chi connectivity index (χ3n) is 5.64. The summed E-state index contributed by atoms with van der Waals surface area (Å²) in [5.41, 5.74) is 0. The van der Waals surface area contributed by atoms with Crippen molar-refractivity contribution >= 4 is 11.8 Å². The van der Waals surface area contributed by atoms with Crippen molar-refractivity contribution in [3.8, 4) is 0 Å². The number of Topliss-reactive ketones (excluding diaryl/α,β-unsaturated/α-hetero) is 1. The Morgan fingerprint density at radius 2 is 1.38 bits per heavy atom. The molecule has 2 saturated carbocycles. The fourth-order valence-corrected chi connectivity index (χ4v) is 3.86. The maximum absolute atomic E-state index is 12.1. The van der Waals surface area contributed by atoms with Crippen LogP contribution in [0, 0.1) is 23.7 Å². The minimum atomic E-state index is -0.0189. The van der Waals surface area contributed by atoms with Crippen LogP contribution in [0.5, 0.6) is 0 Å². The number of carbonyl (C=O) groups is 2. The molecule has 0 atom stereocenters. The summed E-state index contributed by atoms with van der Waals surface area (Å²) in [7, 11) is 0. The van der Waals surface area contributed by atoms with Crippen molar-refractivity contribution < 1.29 is 14.3 Å². The summed E-state index contributed by atoms with van der Waals surface area (Å²) < 4.78 is 5.56. The molecule has 2 rings (SSSR count). The highest BCUT2D eigenvalue weighted by Crippen LogP contribution is 2.32. The molecule has 0 aromatic carbocycles. The van der Waals surface area contributed by atoms with Gasteiger partial charge in [-0.2, -0.15) is 0 Å². The molecule has 0 unspecified atom stereocenters. The van der Waals surface area contributed by atoms with Crippen LogP contribution < -0.4 is 0 Å². The average molecular weight is 294 g/mol. The van der Waals surface area contributed by atoms with Gasteiger partial charge >= 0.3 is 5.97 Å². The van der Waals surface area contributed by atoms with Gasteiger partial charge in [-0.05, 0) is 57.3 Å². The summed E-state index contributed by atoms with van der Waals surface area (Å²) in [5.74, 6) is 1.93. The predicted octanol–water partition coefficient (Wildman–Crippen LogP) is 4.14. The monoisotopic (exact) mass is 294 g/mol. The average Bonchev–Trinajstić information content (AvgIpc) is 2.53. The zero-order chi connectivity index (χ0) is 15.2. The van der Waals surface area contributed by atoms with E-state index >= 15 is 0 Å². The van der Waals surface area contributed by atoms with Crippen molar-refractivity contribution in [3.05, 3.63) is 0 Å². The van der Waals surface area contributed by atoms with Crippen molar-refractivity contribution in [2.75, 3.05) is 6.61 Å². The van der Waals surface area contributed by atoms with Gasteiger partial charge in [0.1, 0.15) is 5.78 Å². The van der Waals surface area contributed by atoms with Gasteiger partial charge in [0, 0.05) is 5.92 Å². The molecule has 0 aromatic rings. The van der Waals surface area contributed by atoms with E-state index in [0.29, 0.717) is 12.5 Å². The van der Waals surface area contributed by atoms with Crippen LogP contribution in [0.2, 0.25) is 0 Å². The molecule has 3 heteroatoms. The summed E-state index contributed by atoms with van der Waals surface area (Å²) in [6.45, 7) is 4.54. The van der Waals surface area contributed by atoms with Gasteiger partial charge in [0.15, 0.2) is 0 Å². The van der Waals surface area contributed by atoms with Crippen LogP contribution in [0.1, 0.15) is 71.6 Å². The van der Waals surface area contributed by atoms with Crippen molar-refractivity contribution in [3.63, 3.8) is 0 Å². The van der Waals surface area contributed by atoms with Crippen molar-refractivity contribution in [1.29, 1.82) is 0 Å². The molecule has 3 nitrogen and oxygen atoms in total. The van der Waals surface area contributed by atoms with Crippen molar-refractivity contribution in [2.45, 2.75) is 71.6 Å². The first kappa shape index (κ1) is 16.5. The molecule has 0 N–H and O–H groups in total. The Kier molecular flexibility index (Phi) is 6.25. The van der Waals surface area contributed by atoms with Crippen molar-refractivity contribution in [2.24, 2.45) is 23.7 Å². The van der Waals surface area contributed by atoms with E-state index in [1.165, 1.54) is 32.1 Å². The van der Waals surface area contributed by atoms with E-state index in [2.05, 4.69) is 6.92 Å². The third kappa shape index (κ3) is 4.82. The zero-order valence-electron chi connectivity index (χ0n) is 13.6. The van der Waals surface area contributed by atoms with Gasteiger partial charge in [0.05, 0.1) is 12.5 Å². The summed E-state index contributed by atoms with van der Waals surface area (Å²) in [6.07, 6.45) is 9.66. The largest absolute Gasteiger partial charge is 0.465 e. The quantitative estimate of drug-likeness (QED) is 0.716. The number of ether oxygens (including phenoxy) is 1. The maximum Gasteiger partial charge on any atom is 0.308 e. The predicted molar refractivity (Wildman–Crippen MR) is 82.8 cm³/mol. The third-order valence-corrected chi connectivity index (χ3v) is 5.64. The first-order valence-corrected chi connectivity index (χ1v) is 8.77. The fourth-order valence-electron chi connectivity index (χ4n) is 3.86. The fraction of sp³-hybridized carbons (Fsp3) is 0.889. The zero-order valence-corrected chi connectivity index (χ0v) is 13.6. The maximum atomic E-state index is 12.1. The summed E-state index contributed by atoms with van der Waals surface area (Å²) >= 11 is 0. The molecule has 0 spiro atoms. The molecular weight excluding hydrogens is 264 g/mol. The first-order chi connectivity index (χ1) is 10.1. The van der Waals surface area contributed by atoms with Gasteiger partial charge < -0.3 is 4.74 Å². The summed E-state index contributed by atoms with van der Waals surface area (Å²) in [6, 6.07) is 0. The lowest BCUT2D eigenvalue weighted by Crippen LogP contribution is -2.28. The molecular formula is C18H30O3. The molecule has 0 radical (unpaired) electrons. The lowest BCUT2D eigenvalue weighted by atomic mass is 9.80. The minimum Gasteiger partial charge on any atom is -0.465 e. The Morgan fingerprint density at radius 3 is 1.90 bits per heavy atom. The Balaban J connectivity index is 1.65. The van der Waals surface area contributed by atoms with E-state index in [1.807, 2.05) is 0 Å². The van der Waals surface area contributed by atoms with Crippen molar-refractivity contribution in [1.82, 2.24) is 0 Å². The number of hydrogen-bond donors (Lipinski definition) is 0. The minimum absolute atomic E-state index is 0.0189. The molecule has 21 heavy (non-hydrogen) atoms. The van der Waals surface area contributed by atoms with Crippen LogP contribution in [-0.4, -0.2) is 18.4 Å². The Bertz CT molecular complexity index is 347. The highest BCUT2D eigenvalue weighted by atomic mass is 16.5. The molecule has 2 aliphatic rings. The standard InChI is InChI=1S/C18H30O3/c1-3-14-4-6-15(7-5-14)12-21-18(20)17-10-8-16(9-11-17)13(2)19/h14-17H,3-12H2,1-2H3. The normalized spacial score (nSPS) is 33.4. The van der Waals surface area contributed by atoms with E-state index in [1.54, 1.807) is 6.92 Å². The van der Waals surface area contributed by atoms with Gasteiger partial charge in [-0.3, -0.25) is 9.59 Å². The van der Waals surface area contributed by atoms with Crippen LogP contribution >= 0.6 is 0 Å². The Hall–Kier alpha value is -0.860. The van der Waals surface area contributed by atoms with Gasteiger partial charge in [0.25, 0.3) is 0 Å². The molecule has 120 valence electrons. The molecule has 0 amide bonds. The highest BCUT2D eigenvalue weighted by molar-refractivity contribution is 5.79. The van der Waals surface area contributed by atoms with Crippen LogP contribution in [0.25, 0.3) is 0 Å². The molecule has 2 aliphatic carbocycles. The van der Waals surface area contributed by atoms with E-state index in [0.717, 1.165) is 31.6 Å². The van der Waals surface area contributed by atoms with E-state index in [-0.39, 0.29) is 23.6 Å². The number of ketones is 1. The van der Waals surface area contributed by atoms with E-state index < -0.39 is 0 Å². The van der Waals surface area contributed by atoms with Crippen LogP contribution in [0.4, 0.5) is 0 Å². The van der Waals surface area contributed by atoms with Gasteiger partial charge in [0.2, 0.25) is 0 Å². The topological polar surface area (TPSA) is 43.4 Å². The van der Waals surface area contributed by atoms with Gasteiger partial charge in [-0.15, -0.1) is 0 Å². The second kappa shape index (κ2) is 7.95. The summed E-state index contributed by atoms with van der Waals surface area (Å²) in [5, 5.41) is 0. The van der Waals surface area contributed by atoms with E-state index in [9.17, 15) is 9.59 Å². The highest BCUT2D eigenvalue weighted by Gasteiger charge is 2.30. The molecule has 0 aromatic heterocycles. The van der Waals surface area contributed by atoms with Gasteiger partial charge in [-0.25, -0.2) is 0 Å². The number of esters is 1. The van der Waals surface area contributed by atoms with Crippen LogP contribution in [0.3, 0.4) is 0 Å². The Labute approximate surface area is 128 Å². The van der Waals surface area contributed by atoms with Gasteiger partial charge in [-0.1, -0.05) is 26.2 Å². The second-order valence-electron chi connectivity index (χ2n) is 7.08. The lowest BCUT2D eigenvalue weighted by Gasteiger charge is -2.29. The lowest BCUT2D eigenvalue weighted by molar-refractivity contribution is -0.152. The molecule has 2 fully saturated rings. The second-order valence-corrected chi connectivity index (χ2v) is 7.08. The summed E-state index contributed by atoms with van der Waals surface area (Å²) in [4.78, 5) is 23.5. The van der Waals surface area contributed by atoms with E-state index in [4.69, 9.17) is 4.74 Å².